The molecule has 0 atom stereocenters. The number of aromatic hydroxyl groups is 2. The van der Waals surface area contributed by atoms with E-state index in [9.17, 15) is 10.2 Å². The van der Waals surface area contributed by atoms with Gasteiger partial charge in [-0.25, -0.2) is 4.98 Å². The Kier molecular flexibility index (Phi) is 1.59. The predicted octanol–water partition coefficient (Wildman–Crippen LogP) is 1.37. The van der Waals surface area contributed by atoms with Gasteiger partial charge in [0.2, 0.25) is 0 Å². The molecule has 2 aromatic rings. The van der Waals surface area contributed by atoms with Gasteiger partial charge < -0.3 is 10.2 Å². The molecular formula is C10H10NO2+. The van der Waals surface area contributed by atoms with Crippen molar-refractivity contribution in [1.82, 2.24) is 0 Å². The second-order valence-electron chi connectivity index (χ2n) is 3.03. The average molecular weight is 176 g/mol. The van der Waals surface area contributed by atoms with Gasteiger partial charge in [0.25, 0.3) is 0 Å². The molecule has 0 bridgehead atoms. The summed E-state index contributed by atoms with van der Waals surface area (Å²) in [7, 11) is 0. The highest BCUT2D eigenvalue weighted by molar-refractivity contribution is 5.91. The maximum atomic E-state index is 9.52. The van der Waals surface area contributed by atoms with Gasteiger partial charge in [-0.2, -0.15) is 0 Å². The van der Waals surface area contributed by atoms with Crippen molar-refractivity contribution in [3.63, 3.8) is 0 Å². The molecule has 3 heteroatoms. The smallest absolute Gasteiger partial charge is 0.175 e. The molecule has 1 heterocycles. The number of phenolic OH excluding ortho intramolecular Hbond substituents is 2. The van der Waals surface area contributed by atoms with Crippen LogP contribution in [0.2, 0.25) is 0 Å². The van der Waals surface area contributed by atoms with E-state index in [1.807, 2.05) is 6.92 Å². The Labute approximate surface area is 75.3 Å². The van der Waals surface area contributed by atoms with Gasteiger partial charge in [0.1, 0.15) is 0 Å². The number of H-pyrrole nitrogens is 1. The molecule has 66 valence electrons. The first-order valence-electron chi connectivity index (χ1n) is 4.01. The minimum absolute atomic E-state index is 0.0606. The van der Waals surface area contributed by atoms with Crippen LogP contribution < -0.4 is 4.98 Å². The van der Waals surface area contributed by atoms with Gasteiger partial charge in [0, 0.05) is 11.5 Å². The van der Waals surface area contributed by atoms with Crippen molar-refractivity contribution in [2.75, 3.05) is 0 Å². The Morgan fingerprint density at radius 1 is 1.23 bits per heavy atom. The van der Waals surface area contributed by atoms with Crippen molar-refractivity contribution in [2.24, 2.45) is 0 Å². The SMILES string of the molecule is Cc1cc(O)c(O)c2cc[nH+]cc12. The number of nitrogens with one attached hydrogen (secondary N) is 1. The Morgan fingerprint density at radius 3 is 2.77 bits per heavy atom. The topological polar surface area (TPSA) is 54.6 Å². The van der Waals surface area contributed by atoms with Crippen LogP contribution in [0.15, 0.2) is 24.5 Å². The highest BCUT2D eigenvalue weighted by Gasteiger charge is 2.09. The number of pyridine rings is 1. The number of rotatable bonds is 0. The van der Waals surface area contributed by atoms with Crippen LogP contribution in [-0.2, 0) is 0 Å². The standard InChI is InChI=1S/C10H9NO2/c1-6-4-9(12)10(13)7-2-3-11-5-8(6)7/h2-5,12-13H,1H3/p+1. The van der Waals surface area contributed by atoms with Crippen molar-refractivity contribution in [2.45, 2.75) is 6.92 Å². The number of phenols is 2. The average Bonchev–Trinajstić information content (AvgIpc) is 2.15. The molecule has 1 aromatic heterocycles. The van der Waals surface area contributed by atoms with E-state index >= 15 is 0 Å². The third kappa shape index (κ3) is 1.09. The molecule has 0 amide bonds. The number of hydrogen-bond donors (Lipinski definition) is 2. The molecule has 1 aromatic carbocycles. The van der Waals surface area contributed by atoms with Crippen molar-refractivity contribution in [3.8, 4) is 11.5 Å². The monoisotopic (exact) mass is 176 g/mol. The first-order valence-corrected chi connectivity index (χ1v) is 4.01. The summed E-state index contributed by atoms with van der Waals surface area (Å²) in [5.41, 5.74) is 0.933. The fourth-order valence-electron chi connectivity index (χ4n) is 1.45. The van der Waals surface area contributed by atoms with Gasteiger partial charge in [-0.1, -0.05) is 0 Å². The van der Waals surface area contributed by atoms with E-state index in [0.29, 0.717) is 5.39 Å². The first kappa shape index (κ1) is 7.86. The second-order valence-corrected chi connectivity index (χ2v) is 3.03. The molecule has 3 nitrogen and oxygen atoms in total. The lowest BCUT2D eigenvalue weighted by Crippen LogP contribution is -1.98. The number of aromatic amines is 1. The van der Waals surface area contributed by atoms with E-state index in [1.165, 1.54) is 0 Å². The normalized spacial score (nSPS) is 10.5. The van der Waals surface area contributed by atoms with Crippen molar-refractivity contribution >= 4 is 10.8 Å². The number of aromatic nitrogens is 1. The summed E-state index contributed by atoms with van der Waals surface area (Å²) in [5.74, 6) is -0.134. The highest BCUT2D eigenvalue weighted by atomic mass is 16.3. The summed E-state index contributed by atoms with van der Waals surface area (Å²) in [4.78, 5) is 2.93. The zero-order valence-electron chi connectivity index (χ0n) is 7.20. The predicted molar refractivity (Wildman–Crippen MR) is 48.6 cm³/mol. The van der Waals surface area contributed by atoms with Gasteiger partial charge in [-0.15, -0.1) is 0 Å². The lowest BCUT2D eigenvalue weighted by molar-refractivity contribution is -0.375. The van der Waals surface area contributed by atoms with Crippen LogP contribution in [0.4, 0.5) is 0 Å². The van der Waals surface area contributed by atoms with Crippen LogP contribution in [-0.4, -0.2) is 10.2 Å². The summed E-state index contributed by atoms with van der Waals surface area (Å²) in [5, 5.41) is 20.4. The van der Waals surface area contributed by atoms with E-state index in [1.54, 1.807) is 24.5 Å². The van der Waals surface area contributed by atoms with Crippen LogP contribution in [0.3, 0.4) is 0 Å². The summed E-state index contributed by atoms with van der Waals surface area (Å²) in [6.07, 6.45) is 3.50. The molecule has 0 aliphatic heterocycles. The van der Waals surface area contributed by atoms with Gasteiger partial charge in [0.05, 0.1) is 5.39 Å². The minimum atomic E-state index is -0.0730. The number of aryl methyl sites for hydroxylation is 1. The van der Waals surface area contributed by atoms with Gasteiger partial charge in [0.15, 0.2) is 23.9 Å². The van der Waals surface area contributed by atoms with Crippen LogP contribution in [0.5, 0.6) is 11.5 Å². The van der Waals surface area contributed by atoms with Crippen molar-refractivity contribution < 1.29 is 15.2 Å². The fourth-order valence-corrected chi connectivity index (χ4v) is 1.45. The fraction of sp³-hybridized carbons (Fsp3) is 0.100. The number of fused-ring (bicyclic) bond motifs is 1. The van der Waals surface area contributed by atoms with Crippen molar-refractivity contribution in [3.05, 3.63) is 30.1 Å². The highest BCUT2D eigenvalue weighted by Crippen LogP contribution is 2.34. The van der Waals surface area contributed by atoms with Gasteiger partial charge in [-0.05, 0) is 18.6 Å². The maximum absolute atomic E-state index is 9.52. The lowest BCUT2D eigenvalue weighted by Gasteiger charge is -2.03. The summed E-state index contributed by atoms with van der Waals surface area (Å²) in [6, 6.07) is 3.28. The molecule has 0 saturated carbocycles. The summed E-state index contributed by atoms with van der Waals surface area (Å²) >= 11 is 0. The van der Waals surface area contributed by atoms with Crippen LogP contribution in [0, 0.1) is 6.92 Å². The first-order chi connectivity index (χ1) is 6.20. The van der Waals surface area contributed by atoms with E-state index in [0.717, 1.165) is 10.9 Å². The summed E-state index contributed by atoms with van der Waals surface area (Å²) in [6.45, 7) is 1.88. The number of benzene rings is 1. The second kappa shape index (κ2) is 2.62. The Hall–Kier alpha value is -1.77. The van der Waals surface area contributed by atoms with Crippen LogP contribution in [0.25, 0.3) is 10.8 Å². The molecule has 3 N–H and O–H groups in total. The minimum Gasteiger partial charge on any atom is -0.504 e. The van der Waals surface area contributed by atoms with Crippen LogP contribution >= 0.6 is 0 Å². The Balaban J connectivity index is 2.97. The van der Waals surface area contributed by atoms with Crippen LogP contribution in [0.1, 0.15) is 5.56 Å². The number of hydrogen-bond acceptors (Lipinski definition) is 2. The summed E-state index contributed by atoms with van der Waals surface area (Å²) < 4.78 is 0. The molecule has 0 spiro atoms. The molecule has 0 unspecified atom stereocenters. The Morgan fingerprint density at radius 2 is 2.00 bits per heavy atom. The van der Waals surface area contributed by atoms with Gasteiger partial charge in [-0.3, -0.25) is 0 Å². The molecule has 0 fully saturated rings. The van der Waals surface area contributed by atoms with Crippen molar-refractivity contribution in [1.29, 1.82) is 0 Å². The molecule has 13 heavy (non-hydrogen) atoms. The molecule has 0 radical (unpaired) electrons. The zero-order valence-corrected chi connectivity index (χ0v) is 7.20. The van der Waals surface area contributed by atoms with Gasteiger partial charge >= 0.3 is 0 Å². The van der Waals surface area contributed by atoms with E-state index in [2.05, 4.69) is 4.98 Å². The molecule has 0 aliphatic rings. The molecule has 0 aliphatic carbocycles. The lowest BCUT2D eigenvalue weighted by atomic mass is 10.1. The third-order valence-electron chi connectivity index (χ3n) is 2.14. The quantitative estimate of drug-likeness (QED) is 0.596. The zero-order chi connectivity index (χ0) is 9.42. The van der Waals surface area contributed by atoms with E-state index < -0.39 is 0 Å². The Bertz CT molecular complexity index is 466. The van der Waals surface area contributed by atoms with E-state index in [-0.39, 0.29) is 11.5 Å². The molecular weight excluding hydrogens is 166 g/mol. The molecule has 0 saturated heterocycles. The third-order valence-corrected chi connectivity index (χ3v) is 2.14. The van der Waals surface area contributed by atoms with E-state index in [4.69, 9.17) is 0 Å². The largest absolute Gasteiger partial charge is 0.504 e. The molecule has 2 rings (SSSR count). The maximum Gasteiger partial charge on any atom is 0.175 e.